The number of anilines is 4. The molecule has 16 heteroatoms. The second kappa shape index (κ2) is 15.6. The number of fused-ring (bicyclic) bond motifs is 8. The minimum Gasteiger partial charge on any atom is -0.495 e. The molecule has 0 bridgehead atoms. The molecule has 2 aromatic carbocycles. The van der Waals surface area contributed by atoms with Crippen LogP contribution in [0.1, 0.15) is 76.7 Å². The number of nitrogens with zero attached hydrogens (tertiary/aromatic N) is 6. The Kier molecular flexibility index (Phi) is 10.2. The number of hydrogen-bond donors (Lipinski definition) is 3. The van der Waals surface area contributed by atoms with Crippen molar-refractivity contribution in [3.8, 4) is 11.5 Å². The molecule has 2 aliphatic carbocycles. The maximum Gasteiger partial charge on any atom is 0.312 e. The van der Waals surface area contributed by atoms with Crippen LogP contribution in [-0.4, -0.2) is 70.2 Å². The van der Waals surface area contributed by atoms with Crippen LogP contribution < -0.4 is 20.1 Å². The number of carboxylic acids is 1. The fourth-order valence-electron chi connectivity index (χ4n) is 8.49. The molecule has 60 heavy (non-hydrogen) atoms. The number of carbonyl (C=O) groups is 2. The number of hydrogen-bond acceptors (Lipinski definition) is 15. The van der Waals surface area contributed by atoms with E-state index in [-0.39, 0.29) is 5.97 Å². The molecule has 4 aliphatic rings. The lowest BCUT2D eigenvalue weighted by atomic mass is 9.75. The van der Waals surface area contributed by atoms with E-state index in [9.17, 15) is 14.7 Å². The van der Waals surface area contributed by atoms with Gasteiger partial charge in [-0.05, 0) is 117 Å². The average Bonchev–Trinajstić information content (AvgIpc) is 4.05. The van der Waals surface area contributed by atoms with Crippen LogP contribution in [0, 0.1) is 10.8 Å². The number of thiophene rings is 2. The summed E-state index contributed by atoms with van der Waals surface area (Å²) in [7, 11) is 3.32. The van der Waals surface area contributed by atoms with Crippen molar-refractivity contribution in [2.24, 2.45) is 20.8 Å². The summed E-state index contributed by atoms with van der Waals surface area (Å²) in [4.78, 5) is 55.0. The molecule has 6 heterocycles. The Morgan fingerprint density at radius 2 is 1.22 bits per heavy atom. The highest BCUT2D eigenvalue weighted by atomic mass is 32.1. The van der Waals surface area contributed by atoms with Crippen molar-refractivity contribution in [3.05, 3.63) is 80.1 Å². The van der Waals surface area contributed by atoms with E-state index < -0.39 is 16.8 Å². The highest BCUT2D eigenvalue weighted by molar-refractivity contribution is 7.19. The second-order valence-corrected chi connectivity index (χ2v) is 18.2. The number of aryl methyl sites for hydroxylation is 2. The van der Waals surface area contributed by atoms with Crippen LogP contribution in [-0.2, 0) is 53.1 Å². The van der Waals surface area contributed by atoms with Gasteiger partial charge in [-0.25, -0.2) is 19.9 Å². The van der Waals surface area contributed by atoms with Gasteiger partial charge in [-0.2, -0.15) is 0 Å². The van der Waals surface area contributed by atoms with E-state index >= 15 is 0 Å². The predicted octanol–water partition coefficient (Wildman–Crippen LogP) is 8.39. The lowest BCUT2D eigenvalue weighted by Gasteiger charge is -2.31. The Bertz CT molecular complexity index is 2780. The summed E-state index contributed by atoms with van der Waals surface area (Å²) in [5, 5.41) is 18.5. The topological polar surface area (TPSA) is 182 Å². The van der Waals surface area contributed by atoms with Gasteiger partial charge in [-0.3, -0.25) is 19.6 Å². The van der Waals surface area contributed by atoms with Gasteiger partial charge in [0.25, 0.3) is 0 Å². The van der Waals surface area contributed by atoms with E-state index in [0.717, 1.165) is 100 Å². The molecule has 0 unspecified atom stereocenters. The molecule has 2 aliphatic heterocycles. The first-order valence-corrected chi connectivity index (χ1v) is 21.5. The number of ether oxygens (including phenoxy) is 3. The lowest BCUT2D eigenvalue weighted by Crippen LogP contribution is -2.35. The second-order valence-electron chi connectivity index (χ2n) is 16.0. The zero-order valence-corrected chi connectivity index (χ0v) is 35.6. The van der Waals surface area contributed by atoms with Gasteiger partial charge in [0.15, 0.2) is 0 Å². The standard InChI is InChI=1S/C23H24N4O3S.C21H20N4O3S/c1-4-30-22(28)23(2)6-5-15-18(9-23)31-21-19(15)20(25-12-26-21)27-16-7-13-10-24-11-14(13)8-17(16)29-3;1-21(20(26)27)4-3-13-16(7-21)29-19-17(13)18(23-10-24-19)25-14-5-11-8-22-9-12(11)6-15(14)28-2/h7-8,10,12H,4-6,9,11H2,1-3H3,(H,25,26,27);5-6,8,10H,3-4,7,9H2,1-2H3,(H,26,27)(H,23,24,25)/t23-;21-/m11/s1. The number of rotatable bonds is 9. The molecule has 0 saturated carbocycles. The minimum absolute atomic E-state index is 0.118. The van der Waals surface area contributed by atoms with Crippen molar-refractivity contribution in [1.29, 1.82) is 0 Å². The van der Waals surface area contributed by atoms with Crippen LogP contribution in [0.25, 0.3) is 20.4 Å². The number of aliphatic carboxylic acids is 1. The molecule has 4 aromatic heterocycles. The Balaban J connectivity index is 0.000000154. The van der Waals surface area contributed by atoms with Crippen LogP contribution in [0.3, 0.4) is 0 Å². The predicted molar refractivity (Wildman–Crippen MR) is 235 cm³/mol. The third-order valence-electron chi connectivity index (χ3n) is 12.0. The first-order valence-electron chi connectivity index (χ1n) is 19.9. The molecule has 0 radical (unpaired) electrons. The van der Waals surface area contributed by atoms with Gasteiger partial charge < -0.3 is 30.0 Å². The number of carbonyl (C=O) groups excluding carboxylic acids is 1. The number of aliphatic imine (C=N–C) groups is 2. The SMILES string of the molecule is CCOC(=O)[C@]1(C)CCc2c(sc3ncnc(Nc4cc5c(cc4OC)CN=C5)c23)C1.COc1cc2c(cc1Nc1ncnc3sc4c(c13)CC[C@@](C)(C(=O)O)C4)C=NC2. The van der Waals surface area contributed by atoms with Gasteiger partial charge in [-0.15, -0.1) is 22.7 Å². The molecule has 0 fully saturated rings. The van der Waals surface area contributed by atoms with Gasteiger partial charge in [0.2, 0.25) is 0 Å². The molecule has 308 valence electrons. The van der Waals surface area contributed by atoms with Crippen molar-refractivity contribution in [3.63, 3.8) is 0 Å². The Morgan fingerprint density at radius 3 is 1.68 bits per heavy atom. The lowest BCUT2D eigenvalue weighted by molar-refractivity contribution is -0.155. The van der Waals surface area contributed by atoms with Crippen LogP contribution >= 0.6 is 22.7 Å². The van der Waals surface area contributed by atoms with E-state index in [4.69, 9.17) is 14.2 Å². The monoisotopic (exact) mass is 844 g/mol. The molecular formula is C44H44N8O6S2. The molecule has 2 atom stereocenters. The van der Waals surface area contributed by atoms with E-state index in [1.54, 1.807) is 49.5 Å². The fraction of sp³-hybridized carbons (Fsp3) is 0.364. The molecule has 3 N–H and O–H groups in total. The number of esters is 1. The van der Waals surface area contributed by atoms with E-state index in [1.165, 1.54) is 10.4 Å². The van der Waals surface area contributed by atoms with Crippen LogP contribution in [0.4, 0.5) is 23.0 Å². The number of nitrogens with one attached hydrogen (secondary N) is 2. The third-order valence-corrected chi connectivity index (χ3v) is 14.3. The summed E-state index contributed by atoms with van der Waals surface area (Å²) in [6, 6.07) is 8.11. The van der Waals surface area contributed by atoms with Crippen LogP contribution in [0.15, 0.2) is 46.9 Å². The molecule has 14 nitrogen and oxygen atoms in total. The normalized spacial score (nSPS) is 19.5. The quantitative estimate of drug-likeness (QED) is 0.118. The smallest absolute Gasteiger partial charge is 0.312 e. The first kappa shape index (κ1) is 39.5. The molecule has 10 rings (SSSR count). The fourth-order valence-corrected chi connectivity index (χ4v) is 11.2. The summed E-state index contributed by atoms with van der Waals surface area (Å²) in [6.07, 6.45) is 10.9. The molecule has 0 amide bonds. The van der Waals surface area contributed by atoms with Crippen molar-refractivity contribution in [1.82, 2.24) is 19.9 Å². The Hall–Kier alpha value is -6.00. The number of methoxy groups -OCH3 is 2. The van der Waals surface area contributed by atoms with Gasteiger partial charge in [0.05, 0.1) is 66.9 Å². The number of benzene rings is 2. The Labute approximate surface area is 354 Å². The summed E-state index contributed by atoms with van der Waals surface area (Å²) in [6.45, 7) is 7.43. The highest BCUT2D eigenvalue weighted by Crippen LogP contribution is 2.47. The van der Waals surface area contributed by atoms with Gasteiger partial charge in [0, 0.05) is 22.2 Å². The maximum absolute atomic E-state index is 12.5. The first-order chi connectivity index (χ1) is 29.0. The summed E-state index contributed by atoms with van der Waals surface area (Å²) in [5.41, 5.74) is 7.30. The van der Waals surface area contributed by atoms with E-state index in [1.807, 2.05) is 51.4 Å². The van der Waals surface area contributed by atoms with Crippen molar-refractivity contribution in [2.75, 3.05) is 31.5 Å². The van der Waals surface area contributed by atoms with Crippen LogP contribution in [0.5, 0.6) is 11.5 Å². The van der Waals surface area contributed by atoms with E-state index in [0.29, 0.717) is 45.4 Å². The van der Waals surface area contributed by atoms with E-state index in [2.05, 4.69) is 46.6 Å². The van der Waals surface area contributed by atoms with Gasteiger partial charge >= 0.3 is 11.9 Å². The van der Waals surface area contributed by atoms with Crippen LogP contribution in [0.2, 0.25) is 0 Å². The zero-order chi connectivity index (χ0) is 41.8. The summed E-state index contributed by atoms with van der Waals surface area (Å²) in [5.74, 6) is 2.12. The molecule has 0 saturated heterocycles. The highest BCUT2D eigenvalue weighted by Gasteiger charge is 2.41. The summed E-state index contributed by atoms with van der Waals surface area (Å²) < 4.78 is 16.5. The van der Waals surface area contributed by atoms with Crippen molar-refractivity contribution in [2.45, 2.75) is 72.4 Å². The minimum atomic E-state index is -0.741. The third kappa shape index (κ3) is 7.00. The van der Waals surface area contributed by atoms with Crippen molar-refractivity contribution < 1.29 is 28.9 Å². The Morgan fingerprint density at radius 1 is 0.733 bits per heavy atom. The number of carboxylic acid groups (broad SMARTS) is 1. The molecular weight excluding hydrogens is 801 g/mol. The van der Waals surface area contributed by atoms with Crippen molar-refractivity contribution >= 4 is 90.5 Å². The largest absolute Gasteiger partial charge is 0.495 e. The maximum atomic E-state index is 12.5. The summed E-state index contributed by atoms with van der Waals surface area (Å²) >= 11 is 3.21. The molecule has 0 spiro atoms. The average molecular weight is 845 g/mol. The zero-order valence-electron chi connectivity index (χ0n) is 34.0. The number of aromatic nitrogens is 4. The van der Waals surface area contributed by atoms with Gasteiger partial charge in [0.1, 0.15) is 45.5 Å². The van der Waals surface area contributed by atoms with Gasteiger partial charge in [-0.1, -0.05) is 0 Å². The molecule has 6 aromatic rings.